The molecule has 5 nitrogen and oxygen atoms in total. The van der Waals surface area contributed by atoms with Gasteiger partial charge in [-0.2, -0.15) is 0 Å². The number of nitrogens with one attached hydrogen (secondary N) is 2. The molecule has 2 N–H and O–H groups in total. The van der Waals surface area contributed by atoms with Crippen molar-refractivity contribution in [2.75, 3.05) is 33.4 Å². The van der Waals surface area contributed by atoms with Crippen molar-refractivity contribution in [3.05, 3.63) is 36.8 Å². The fraction of sp³-hybridized carbons (Fsp3) is 0.588. The third-order valence-electron chi connectivity index (χ3n) is 4.02. The Labute approximate surface area is 132 Å². The number of methoxy groups -OCH3 is 1. The molecule has 1 saturated carbocycles. The van der Waals surface area contributed by atoms with Crippen molar-refractivity contribution in [2.24, 2.45) is 10.4 Å². The maximum Gasteiger partial charge on any atom is 0.191 e. The Hall–Kier alpha value is -1.75. The zero-order valence-corrected chi connectivity index (χ0v) is 13.4. The van der Waals surface area contributed by atoms with Gasteiger partial charge >= 0.3 is 0 Å². The molecule has 1 aromatic heterocycles. The number of rotatable bonds is 10. The van der Waals surface area contributed by atoms with Crippen molar-refractivity contribution >= 4 is 5.96 Å². The van der Waals surface area contributed by atoms with E-state index in [2.05, 4.69) is 17.2 Å². The summed E-state index contributed by atoms with van der Waals surface area (Å²) in [5.41, 5.74) is 0.361. The summed E-state index contributed by atoms with van der Waals surface area (Å²) >= 11 is 0. The maximum atomic E-state index is 5.33. The summed E-state index contributed by atoms with van der Waals surface area (Å²) < 4.78 is 10.5. The molecule has 0 amide bonds. The van der Waals surface area contributed by atoms with Gasteiger partial charge in [0.2, 0.25) is 0 Å². The second kappa shape index (κ2) is 8.63. The standard InChI is InChI=1S/C17H27N3O2/c1-3-10-18-16(19-11-6-15-5-4-12-22-15)20-14-17(7-8-17)9-13-21-2/h3-5,12H,1,6-11,13-14H2,2H3,(H2,18,19,20). The van der Waals surface area contributed by atoms with Crippen molar-refractivity contribution in [3.8, 4) is 0 Å². The van der Waals surface area contributed by atoms with Crippen LogP contribution in [-0.4, -0.2) is 39.3 Å². The van der Waals surface area contributed by atoms with Crippen LogP contribution in [0.5, 0.6) is 0 Å². The third kappa shape index (κ3) is 5.56. The van der Waals surface area contributed by atoms with Gasteiger partial charge in [-0.15, -0.1) is 6.58 Å². The van der Waals surface area contributed by atoms with Crippen molar-refractivity contribution in [1.82, 2.24) is 10.6 Å². The van der Waals surface area contributed by atoms with Crippen molar-refractivity contribution < 1.29 is 9.15 Å². The van der Waals surface area contributed by atoms with E-state index in [1.165, 1.54) is 12.8 Å². The molecule has 1 aromatic rings. The quantitative estimate of drug-likeness (QED) is 0.396. The van der Waals surface area contributed by atoms with Gasteiger partial charge in [0, 0.05) is 39.8 Å². The molecule has 0 aliphatic heterocycles. The van der Waals surface area contributed by atoms with Crippen LogP contribution in [0.3, 0.4) is 0 Å². The summed E-state index contributed by atoms with van der Waals surface area (Å²) in [7, 11) is 1.76. The Balaban J connectivity index is 1.79. The Kier molecular flexibility index (Phi) is 6.52. The van der Waals surface area contributed by atoms with Gasteiger partial charge < -0.3 is 19.8 Å². The fourth-order valence-corrected chi connectivity index (χ4v) is 2.33. The average molecular weight is 305 g/mol. The minimum atomic E-state index is 0.361. The predicted octanol–water partition coefficient (Wildman–Crippen LogP) is 2.36. The van der Waals surface area contributed by atoms with Crippen LogP contribution >= 0.6 is 0 Å². The number of hydrogen-bond donors (Lipinski definition) is 2. The normalized spacial score (nSPS) is 16.3. The first kappa shape index (κ1) is 16.6. The molecule has 1 aliphatic carbocycles. The predicted molar refractivity (Wildman–Crippen MR) is 89.1 cm³/mol. The summed E-state index contributed by atoms with van der Waals surface area (Å²) in [5.74, 6) is 1.82. The van der Waals surface area contributed by atoms with Crippen LogP contribution in [0.15, 0.2) is 40.5 Å². The van der Waals surface area contributed by atoms with Gasteiger partial charge in [0.25, 0.3) is 0 Å². The molecular formula is C17H27N3O2. The van der Waals surface area contributed by atoms with E-state index in [1.54, 1.807) is 13.4 Å². The molecule has 0 atom stereocenters. The second-order valence-electron chi connectivity index (χ2n) is 5.83. The summed E-state index contributed by atoms with van der Waals surface area (Å²) in [6.07, 6.45) is 7.97. The van der Waals surface area contributed by atoms with Gasteiger partial charge in [0.1, 0.15) is 5.76 Å². The van der Waals surface area contributed by atoms with Crippen LogP contribution in [0, 0.1) is 5.41 Å². The van der Waals surface area contributed by atoms with Gasteiger partial charge in [0.05, 0.1) is 6.26 Å². The number of guanidine groups is 1. The number of furan rings is 1. The number of aliphatic imine (C=N–C) groups is 1. The molecule has 0 spiro atoms. The van der Waals surface area contributed by atoms with Crippen molar-refractivity contribution in [3.63, 3.8) is 0 Å². The van der Waals surface area contributed by atoms with E-state index in [0.717, 1.165) is 44.3 Å². The van der Waals surface area contributed by atoms with Gasteiger partial charge in [-0.05, 0) is 36.8 Å². The van der Waals surface area contributed by atoms with E-state index in [-0.39, 0.29) is 0 Å². The third-order valence-corrected chi connectivity index (χ3v) is 4.02. The van der Waals surface area contributed by atoms with Crippen LogP contribution in [0.2, 0.25) is 0 Å². The van der Waals surface area contributed by atoms with Crippen molar-refractivity contribution in [1.29, 1.82) is 0 Å². The van der Waals surface area contributed by atoms with E-state index < -0.39 is 0 Å². The van der Waals surface area contributed by atoms with E-state index in [0.29, 0.717) is 12.0 Å². The molecule has 1 fully saturated rings. The number of hydrogen-bond acceptors (Lipinski definition) is 3. The zero-order chi connectivity index (χ0) is 15.7. The van der Waals surface area contributed by atoms with Crippen LogP contribution in [0.4, 0.5) is 0 Å². The minimum absolute atomic E-state index is 0.361. The molecule has 0 bridgehead atoms. The highest BCUT2D eigenvalue weighted by molar-refractivity contribution is 5.80. The average Bonchev–Trinajstić information content (AvgIpc) is 3.11. The van der Waals surface area contributed by atoms with E-state index in [1.807, 2.05) is 18.2 Å². The largest absolute Gasteiger partial charge is 0.469 e. The van der Waals surface area contributed by atoms with Gasteiger partial charge in [0.15, 0.2) is 5.96 Å². The minimum Gasteiger partial charge on any atom is -0.469 e. The van der Waals surface area contributed by atoms with Crippen LogP contribution in [-0.2, 0) is 11.2 Å². The molecule has 1 heterocycles. The number of ether oxygens (including phenoxy) is 1. The molecule has 2 rings (SSSR count). The lowest BCUT2D eigenvalue weighted by atomic mass is 10.0. The lowest BCUT2D eigenvalue weighted by Gasteiger charge is -2.15. The van der Waals surface area contributed by atoms with Crippen LogP contribution in [0.25, 0.3) is 0 Å². The topological polar surface area (TPSA) is 58.8 Å². The second-order valence-corrected chi connectivity index (χ2v) is 5.83. The Morgan fingerprint density at radius 3 is 3.00 bits per heavy atom. The van der Waals surface area contributed by atoms with E-state index >= 15 is 0 Å². The molecule has 0 unspecified atom stereocenters. The Morgan fingerprint density at radius 2 is 2.36 bits per heavy atom. The van der Waals surface area contributed by atoms with Gasteiger partial charge in [-0.3, -0.25) is 4.99 Å². The fourth-order valence-electron chi connectivity index (χ4n) is 2.33. The first-order valence-electron chi connectivity index (χ1n) is 7.92. The molecule has 0 radical (unpaired) electrons. The molecule has 22 heavy (non-hydrogen) atoms. The highest BCUT2D eigenvalue weighted by Crippen LogP contribution is 2.48. The zero-order valence-electron chi connectivity index (χ0n) is 13.4. The summed E-state index contributed by atoms with van der Waals surface area (Å²) in [6.45, 7) is 6.90. The molecule has 122 valence electrons. The lowest BCUT2D eigenvalue weighted by Crippen LogP contribution is -2.39. The van der Waals surface area contributed by atoms with E-state index in [4.69, 9.17) is 14.1 Å². The summed E-state index contributed by atoms with van der Waals surface area (Å²) in [4.78, 5) is 4.73. The smallest absolute Gasteiger partial charge is 0.191 e. The SMILES string of the molecule is C=CCNC(=NCC1(CCOC)CC1)NCCc1ccco1. The lowest BCUT2D eigenvalue weighted by molar-refractivity contribution is 0.174. The van der Waals surface area contributed by atoms with Gasteiger partial charge in [-0.1, -0.05) is 6.08 Å². The molecule has 0 aromatic carbocycles. The number of nitrogens with zero attached hydrogens (tertiary/aromatic N) is 1. The summed E-state index contributed by atoms with van der Waals surface area (Å²) in [6, 6.07) is 3.90. The molecule has 0 saturated heterocycles. The highest BCUT2D eigenvalue weighted by atomic mass is 16.5. The first-order chi connectivity index (χ1) is 10.8. The highest BCUT2D eigenvalue weighted by Gasteiger charge is 2.41. The van der Waals surface area contributed by atoms with Gasteiger partial charge in [-0.25, -0.2) is 0 Å². The van der Waals surface area contributed by atoms with Crippen LogP contribution in [0.1, 0.15) is 25.0 Å². The first-order valence-corrected chi connectivity index (χ1v) is 7.92. The molecule has 1 aliphatic rings. The maximum absolute atomic E-state index is 5.33. The Morgan fingerprint density at radius 1 is 1.50 bits per heavy atom. The van der Waals surface area contributed by atoms with Crippen LogP contribution < -0.4 is 10.6 Å². The Bertz CT molecular complexity index is 464. The van der Waals surface area contributed by atoms with Crippen molar-refractivity contribution in [2.45, 2.75) is 25.7 Å². The molecular weight excluding hydrogens is 278 g/mol. The summed E-state index contributed by atoms with van der Waals surface area (Å²) in [5, 5.41) is 6.61. The molecule has 5 heteroatoms. The van der Waals surface area contributed by atoms with E-state index in [9.17, 15) is 0 Å². The monoisotopic (exact) mass is 305 g/mol.